The van der Waals surface area contributed by atoms with Crippen LogP contribution in [-0.4, -0.2) is 30.2 Å². The second kappa shape index (κ2) is 3.23. The molecule has 1 aromatic heterocycles. The minimum absolute atomic E-state index is 0.0912. The first-order valence-corrected chi connectivity index (χ1v) is 6.91. The van der Waals surface area contributed by atoms with Crippen LogP contribution in [0.1, 0.15) is 12.8 Å². The van der Waals surface area contributed by atoms with E-state index >= 15 is 0 Å². The normalized spacial score (nSPS) is 19.0. The van der Waals surface area contributed by atoms with Crippen molar-refractivity contribution in [2.24, 2.45) is 5.41 Å². The minimum Gasteiger partial charge on any atom is -0.382 e. The summed E-state index contributed by atoms with van der Waals surface area (Å²) in [6.07, 6.45) is 4.99. The fourth-order valence-electron chi connectivity index (χ4n) is 1.89. The Morgan fingerprint density at radius 1 is 1.60 bits per heavy atom. The van der Waals surface area contributed by atoms with Gasteiger partial charge in [0.25, 0.3) is 0 Å². The zero-order valence-electron chi connectivity index (χ0n) is 8.68. The molecule has 1 heterocycles. The van der Waals surface area contributed by atoms with E-state index in [0.29, 0.717) is 12.4 Å². The van der Waals surface area contributed by atoms with Crippen molar-refractivity contribution >= 4 is 15.7 Å². The van der Waals surface area contributed by atoms with Crippen molar-refractivity contribution in [3.63, 3.8) is 0 Å². The van der Waals surface area contributed by atoms with Gasteiger partial charge in [-0.25, -0.2) is 8.42 Å². The van der Waals surface area contributed by atoms with Gasteiger partial charge in [0.2, 0.25) is 0 Å². The molecule has 0 aliphatic heterocycles. The summed E-state index contributed by atoms with van der Waals surface area (Å²) in [4.78, 5) is 0. The number of hydrogen-bond donors (Lipinski definition) is 1. The fraction of sp³-hybridized carbons (Fsp3) is 0.667. The zero-order valence-corrected chi connectivity index (χ0v) is 9.50. The Kier molecular flexibility index (Phi) is 2.26. The number of rotatable bonds is 4. The molecule has 1 aliphatic carbocycles. The smallest absolute Gasteiger partial charge is 0.148 e. The van der Waals surface area contributed by atoms with Gasteiger partial charge in [0.15, 0.2) is 0 Å². The molecule has 84 valence electrons. The molecule has 0 bridgehead atoms. The van der Waals surface area contributed by atoms with Crippen LogP contribution in [0.5, 0.6) is 0 Å². The molecule has 0 aromatic carbocycles. The molecule has 15 heavy (non-hydrogen) atoms. The Morgan fingerprint density at radius 3 is 2.67 bits per heavy atom. The van der Waals surface area contributed by atoms with Gasteiger partial charge in [0, 0.05) is 24.4 Å². The Balaban J connectivity index is 2.06. The van der Waals surface area contributed by atoms with Crippen molar-refractivity contribution in [1.82, 2.24) is 9.78 Å². The van der Waals surface area contributed by atoms with Gasteiger partial charge < -0.3 is 5.73 Å². The van der Waals surface area contributed by atoms with Crippen molar-refractivity contribution in [2.45, 2.75) is 19.4 Å². The molecule has 0 spiro atoms. The summed E-state index contributed by atoms with van der Waals surface area (Å²) >= 11 is 0. The van der Waals surface area contributed by atoms with E-state index in [0.717, 1.165) is 12.8 Å². The average Bonchev–Trinajstić information content (AvgIpc) is 2.64. The maximum Gasteiger partial charge on any atom is 0.148 e. The summed E-state index contributed by atoms with van der Waals surface area (Å²) in [6, 6.07) is 1.72. The molecule has 0 radical (unpaired) electrons. The lowest BCUT2D eigenvalue weighted by Gasteiger charge is -2.13. The fourth-order valence-corrected chi connectivity index (χ4v) is 3.38. The number of nitrogens with zero attached hydrogens (tertiary/aromatic N) is 2. The summed E-state index contributed by atoms with van der Waals surface area (Å²) < 4.78 is 24.2. The van der Waals surface area contributed by atoms with Crippen molar-refractivity contribution < 1.29 is 8.42 Å². The van der Waals surface area contributed by atoms with E-state index in [1.54, 1.807) is 16.9 Å². The van der Waals surface area contributed by atoms with Gasteiger partial charge in [-0.15, -0.1) is 0 Å². The lowest BCUT2D eigenvalue weighted by Crippen LogP contribution is -2.21. The van der Waals surface area contributed by atoms with Crippen LogP contribution in [0.2, 0.25) is 0 Å². The van der Waals surface area contributed by atoms with Gasteiger partial charge in [-0.1, -0.05) is 0 Å². The van der Waals surface area contributed by atoms with Gasteiger partial charge in [-0.05, 0) is 18.9 Å². The highest BCUT2D eigenvalue weighted by atomic mass is 32.2. The van der Waals surface area contributed by atoms with Crippen molar-refractivity contribution in [3.8, 4) is 0 Å². The first kappa shape index (κ1) is 10.5. The summed E-state index contributed by atoms with van der Waals surface area (Å²) in [7, 11) is -2.90. The van der Waals surface area contributed by atoms with Crippen LogP contribution in [0.4, 0.5) is 5.82 Å². The van der Waals surface area contributed by atoms with Gasteiger partial charge in [-0.2, -0.15) is 5.10 Å². The maximum atomic E-state index is 11.2. The Morgan fingerprint density at radius 2 is 2.27 bits per heavy atom. The second-order valence-corrected chi connectivity index (χ2v) is 6.65. The largest absolute Gasteiger partial charge is 0.382 e. The van der Waals surface area contributed by atoms with E-state index in [1.165, 1.54) is 6.26 Å². The highest BCUT2D eigenvalue weighted by molar-refractivity contribution is 7.90. The maximum absolute atomic E-state index is 11.2. The predicted octanol–water partition coefficient (Wildman–Crippen LogP) is 0.290. The number of sulfone groups is 1. The lowest BCUT2D eigenvalue weighted by atomic mass is 10.1. The van der Waals surface area contributed by atoms with E-state index < -0.39 is 9.84 Å². The highest BCUT2D eigenvalue weighted by Gasteiger charge is 2.45. The van der Waals surface area contributed by atoms with Crippen LogP contribution in [0.15, 0.2) is 12.3 Å². The molecule has 1 fully saturated rings. The van der Waals surface area contributed by atoms with Crippen LogP contribution in [0, 0.1) is 5.41 Å². The SMILES string of the molecule is CS(=O)(=O)CC1(Cn2ccc(N)n2)CC1. The van der Waals surface area contributed by atoms with E-state index in [1.807, 2.05) is 0 Å². The van der Waals surface area contributed by atoms with Gasteiger partial charge >= 0.3 is 0 Å². The van der Waals surface area contributed by atoms with Crippen molar-refractivity contribution in [3.05, 3.63) is 12.3 Å². The first-order valence-electron chi connectivity index (χ1n) is 4.85. The van der Waals surface area contributed by atoms with E-state index in [-0.39, 0.29) is 11.2 Å². The van der Waals surface area contributed by atoms with Gasteiger partial charge in [0.1, 0.15) is 15.7 Å². The summed E-state index contributed by atoms with van der Waals surface area (Å²) in [6.45, 7) is 0.650. The third-order valence-electron chi connectivity index (χ3n) is 2.68. The first-order chi connectivity index (χ1) is 6.89. The van der Waals surface area contributed by atoms with Crippen LogP contribution in [0.3, 0.4) is 0 Å². The molecule has 0 saturated heterocycles. The van der Waals surface area contributed by atoms with Gasteiger partial charge in [-0.3, -0.25) is 4.68 Å². The summed E-state index contributed by atoms with van der Waals surface area (Å²) in [5.41, 5.74) is 5.40. The molecule has 5 nitrogen and oxygen atoms in total. The van der Waals surface area contributed by atoms with E-state index in [2.05, 4.69) is 5.10 Å². The van der Waals surface area contributed by atoms with Crippen LogP contribution in [0.25, 0.3) is 0 Å². The molecule has 0 atom stereocenters. The third-order valence-corrected chi connectivity index (χ3v) is 3.82. The molecule has 6 heteroatoms. The van der Waals surface area contributed by atoms with E-state index in [4.69, 9.17) is 5.73 Å². The third kappa shape index (κ3) is 2.71. The Bertz CT molecular complexity index is 459. The number of nitrogen functional groups attached to an aromatic ring is 1. The molecular weight excluding hydrogens is 214 g/mol. The van der Waals surface area contributed by atoms with Crippen molar-refractivity contribution in [2.75, 3.05) is 17.7 Å². The average molecular weight is 229 g/mol. The summed E-state index contributed by atoms with van der Waals surface area (Å²) in [5, 5.41) is 4.07. The molecule has 0 amide bonds. The summed E-state index contributed by atoms with van der Waals surface area (Å²) in [5.74, 6) is 0.727. The molecule has 0 unspecified atom stereocenters. The Hall–Kier alpha value is -1.04. The quantitative estimate of drug-likeness (QED) is 0.805. The Labute approximate surface area is 89.2 Å². The number of nitrogens with two attached hydrogens (primary N) is 1. The minimum atomic E-state index is -2.90. The van der Waals surface area contributed by atoms with Crippen molar-refractivity contribution in [1.29, 1.82) is 0 Å². The van der Waals surface area contributed by atoms with Crippen LogP contribution >= 0.6 is 0 Å². The molecule has 1 aromatic rings. The highest BCUT2D eigenvalue weighted by Crippen LogP contribution is 2.48. The van der Waals surface area contributed by atoms with Crippen LogP contribution < -0.4 is 5.73 Å². The second-order valence-electron chi connectivity index (χ2n) is 4.51. The molecule has 1 aliphatic rings. The van der Waals surface area contributed by atoms with Gasteiger partial charge in [0.05, 0.1) is 5.75 Å². The molecule has 2 N–H and O–H groups in total. The standard InChI is InChI=1S/C9H15N3O2S/c1-15(13,14)7-9(3-4-9)6-12-5-2-8(10)11-12/h2,5H,3-4,6-7H2,1H3,(H2,10,11). The van der Waals surface area contributed by atoms with Crippen LogP contribution in [-0.2, 0) is 16.4 Å². The topological polar surface area (TPSA) is 78.0 Å². The molecular formula is C9H15N3O2S. The number of hydrogen-bond acceptors (Lipinski definition) is 4. The number of anilines is 1. The molecule has 2 rings (SSSR count). The molecule has 1 saturated carbocycles. The zero-order chi connectivity index (χ0) is 11.1. The number of aromatic nitrogens is 2. The van der Waals surface area contributed by atoms with E-state index in [9.17, 15) is 8.42 Å². The lowest BCUT2D eigenvalue weighted by molar-refractivity contribution is 0.432. The monoisotopic (exact) mass is 229 g/mol. The predicted molar refractivity (Wildman–Crippen MR) is 58.0 cm³/mol.